The van der Waals surface area contributed by atoms with E-state index in [2.05, 4.69) is 28.9 Å². The number of aliphatic hydroxyl groups is 3. The summed E-state index contributed by atoms with van der Waals surface area (Å²) >= 11 is 5.24. The van der Waals surface area contributed by atoms with E-state index in [1.54, 1.807) is 17.4 Å². The second-order valence-electron chi connectivity index (χ2n) is 7.79. The molecular formula is C22H32BrNO4S. The number of hydrogen-bond donors (Lipinski definition) is 4. The lowest BCUT2D eigenvalue weighted by atomic mass is 9.89. The van der Waals surface area contributed by atoms with Crippen molar-refractivity contribution in [1.29, 1.82) is 0 Å². The van der Waals surface area contributed by atoms with Gasteiger partial charge in [-0.25, -0.2) is 0 Å². The van der Waals surface area contributed by atoms with Gasteiger partial charge in [-0.05, 0) is 66.9 Å². The van der Waals surface area contributed by atoms with Gasteiger partial charge in [-0.15, -0.1) is 11.3 Å². The lowest BCUT2D eigenvalue weighted by Gasteiger charge is -2.19. The molecule has 1 heterocycles. The molecule has 1 fully saturated rings. The Morgan fingerprint density at radius 2 is 2.14 bits per heavy atom. The van der Waals surface area contributed by atoms with Crippen molar-refractivity contribution in [2.24, 2.45) is 17.6 Å². The molecular weight excluding hydrogens is 454 g/mol. The van der Waals surface area contributed by atoms with Gasteiger partial charge in [-0.1, -0.05) is 24.3 Å². The summed E-state index contributed by atoms with van der Waals surface area (Å²) in [5, 5.41) is 30.9. The summed E-state index contributed by atoms with van der Waals surface area (Å²) in [6.07, 6.45) is 10.2. The minimum absolute atomic E-state index is 0.0725. The molecule has 5 atom stereocenters. The summed E-state index contributed by atoms with van der Waals surface area (Å²) in [5.74, 6) is -0.539. The second kappa shape index (κ2) is 12.0. The van der Waals surface area contributed by atoms with Crippen molar-refractivity contribution in [2.45, 2.75) is 70.2 Å². The molecule has 0 saturated heterocycles. The third-order valence-corrected chi connectivity index (χ3v) is 7.63. The number of nitrogens with two attached hydrogens (primary N) is 1. The molecule has 7 heteroatoms. The van der Waals surface area contributed by atoms with Crippen molar-refractivity contribution in [3.63, 3.8) is 0 Å². The highest BCUT2D eigenvalue weighted by Crippen LogP contribution is 2.36. The minimum Gasteiger partial charge on any atom is -0.393 e. The van der Waals surface area contributed by atoms with E-state index in [-0.39, 0.29) is 17.7 Å². The zero-order chi connectivity index (χ0) is 21.4. The number of carbonyl (C=O) groups excluding carboxylic acids is 1. The zero-order valence-corrected chi connectivity index (χ0v) is 19.2. The zero-order valence-electron chi connectivity index (χ0n) is 16.8. The van der Waals surface area contributed by atoms with Gasteiger partial charge in [0.05, 0.1) is 18.3 Å². The van der Waals surface area contributed by atoms with Crippen LogP contribution in [0.2, 0.25) is 0 Å². The molecule has 0 spiro atoms. The Hall–Kier alpha value is -0.990. The highest BCUT2D eigenvalue weighted by Gasteiger charge is 2.39. The van der Waals surface area contributed by atoms with Gasteiger partial charge < -0.3 is 21.1 Å². The molecule has 1 amide bonds. The first-order valence-corrected chi connectivity index (χ1v) is 11.8. The molecule has 1 aliphatic carbocycles. The Labute approximate surface area is 185 Å². The second-order valence-corrected chi connectivity index (χ2v) is 9.98. The SMILES string of the molecule is Cc1sc(CCC(O)C=C[C@H]2C(O)CC(O)[C@@H]2CC=CCCCC(N)=O)cc1Br. The number of hydrogen-bond acceptors (Lipinski definition) is 5. The van der Waals surface area contributed by atoms with Crippen LogP contribution in [0.25, 0.3) is 0 Å². The van der Waals surface area contributed by atoms with E-state index >= 15 is 0 Å². The summed E-state index contributed by atoms with van der Waals surface area (Å²) in [5.41, 5.74) is 5.12. The Balaban J connectivity index is 1.83. The smallest absolute Gasteiger partial charge is 0.217 e. The summed E-state index contributed by atoms with van der Waals surface area (Å²) in [4.78, 5) is 13.2. The lowest BCUT2D eigenvalue weighted by molar-refractivity contribution is -0.118. The van der Waals surface area contributed by atoms with Crippen LogP contribution in [0.3, 0.4) is 0 Å². The van der Waals surface area contributed by atoms with Crippen LogP contribution < -0.4 is 5.73 Å². The first-order valence-electron chi connectivity index (χ1n) is 10.2. The fourth-order valence-electron chi connectivity index (χ4n) is 3.76. The molecule has 5 N–H and O–H groups in total. The van der Waals surface area contributed by atoms with Crippen molar-refractivity contribution in [3.05, 3.63) is 44.6 Å². The topological polar surface area (TPSA) is 104 Å². The predicted molar refractivity (Wildman–Crippen MR) is 121 cm³/mol. The van der Waals surface area contributed by atoms with Crippen molar-refractivity contribution in [2.75, 3.05) is 0 Å². The predicted octanol–water partition coefficient (Wildman–Crippen LogP) is 3.63. The Kier molecular flexibility index (Phi) is 10.1. The highest BCUT2D eigenvalue weighted by molar-refractivity contribution is 9.10. The molecule has 0 radical (unpaired) electrons. The van der Waals surface area contributed by atoms with Crippen LogP contribution in [0.5, 0.6) is 0 Å². The molecule has 5 nitrogen and oxygen atoms in total. The fraction of sp³-hybridized carbons (Fsp3) is 0.591. The monoisotopic (exact) mass is 485 g/mol. The summed E-state index contributed by atoms with van der Waals surface area (Å²) < 4.78 is 1.11. The van der Waals surface area contributed by atoms with E-state index in [0.717, 1.165) is 23.7 Å². The standard InChI is InChI=1S/C22H32BrNO4S/c1-14-19(23)12-16(29-14)10-8-15(25)9-11-18-17(20(26)13-21(18)27)6-4-2-3-5-7-22(24)28/h2,4,9,11-12,15,17-18,20-21,25-27H,3,5-8,10,13H2,1H3,(H2,24,28)/t15?,17-,18-,20?,21?/m1/s1. The molecule has 0 aliphatic heterocycles. The molecule has 29 heavy (non-hydrogen) atoms. The van der Waals surface area contributed by atoms with Gasteiger partial charge in [0.2, 0.25) is 5.91 Å². The number of allylic oxidation sites excluding steroid dienone is 2. The average molecular weight is 486 g/mol. The van der Waals surface area contributed by atoms with Crippen molar-refractivity contribution < 1.29 is 20.1 Å². The summed E-state index contributed by atoms with van der Waals surface area (Å²) in [6.45, 7) is 2.06. The highest BCUT2D eigenvalue weighted by atomic mass is 79.9. The number of aryl methyl sites for hydroxylation is 2. The number of amides is 1. The molecule has 162 valence electrons. The van der Waals surface area contributed by atoms with Crippen molar-refractivity contribution in [1.82, 2.24) is 0 Å². The molecule has 0 aromatic carbocycles. The molecule has 1 aromatic rings. The molecule has 1 saturated carbocycles. The Morgan fingerprint density at radius 1 is 1.38 bits per heavy atom. The third-order valence-electron chi connectivity index (χ3n) is 5.43. The summed E-state index contributed by atoms with van der Waals surface area (Å²) in [6, 6.07) is 2.10. The van der Waals surface area contributed by atoms with Gasteiger partial charge in [-0.3, -0.25) is 4.79 Å². The number of aliphatic hydroxyl groups excluding tert-OH is 3. The number of halogens is 1. The number of thiophene rings is 1. The van der Waals surface area contributed by atoms with E-state index < -0.39 is 18.3 Å². The average Bonchev–Trinajstić information content (AvgIpc) is 3.11. The number of unbranched alkanes of at least 4 members (excludes halogenated alkanes) is 1. The van der Waals surface area contributed by atoms with Gasteiger partial charge in [0.25, 0.3) is 0 Å². The van der Waals surface area contributed by atoms with Crippen LogP contribution in [0, 0.1) is 18.8 Å². The molecule has 1 aromatic heterocycles. The van der Waals surface area contributed by atoms with Crippen LogP contribution in [0.15, 0.2) is 34.8 Å². The normalized spacial score (nSPS) is 26.0. The van der Waals surface area contributed by atoms with Gasteiger partial charge in [-0.2, -0.15) is 0 Å². The maximum absolute atomic E-state index is 10.7. The van der Waals surface area contributed by atoms with Crippen LogP contribution >= 0.6 is 27.3 Å². The molecule has 3 unspecified atom stereocenters. The number of primary amides is 1. The van der Waals surface area contributed by atoms with E-state index in [4.69, 9.17) is 5.73 Å². The van der Waals surface area contributed by atoms with Crippen LogP contribution in [0.4, 0.5) is 0 Å². The van der Waals surface area contributed by atoms with Crippen molar-refractivity contribution in [3.8, 4) is 0 Å². The third kappa shape index (κ3) is 7.98. The van der Waals surface area contributed by atoms with E-state index in [9.17, 15) is 20.1 Å². The van der Waals surface area contributed by atoms with Gasteiger partial charge in [0.15, 0.2) is 0 Å². The first kappa shape index (κ1) is 24.3. The van der Waals surface area contributed by atoms with Crippen LogP contribution in [-0.4, -0.2) is 39.5 Å². The number of rotatable bonds is 11. The van der Waals surface area contributed by atoms with E-state index in [1.807, 2.05) is 18.2 Å². The molecule has 0 bridgehead atoms. The largest absolute Gasteiger partial charge is 0.393 e. The maximum Gasteiger partial charge on any atom is 0.217 e. The summed E-state index contributed by atoms with van der Waals surface area (Å²) in [7, 11) is 0. The quantitative estimate of drug-likeness (QED) is 0.283. The van der Waals surface area contributed by atoms with E-state index in [1.165, 1.54) is 9.75 Å². The Bertz CT molecular complexity index is 698. The van der Waals surface area contributed by atoms with Gasteiger partial charge in [0.1, 0.15) is 0 Å². The minimum atomic E-state index is -0.599. The molecule has 1 aliphatic rings. The first-order chi connectivity index (χ1) is 13.8. The molecule has 2 rings (SSSR count). The fourth-order valence-corrected chi connectivity index (χ4v) is 5.37. The number of carbonyl (C=O) groups is 1. The maximum atomic E-state index is 10.7. The van der Waals surface area contributed by atoms with Crippen molar-refractivity contribution >= 4 is 33.2 Å². The van der Waals surface area contributed by atoms with Gasteiger partial charge in [0, 0.05) is 33.0 Å². The van der Waals surface area contributed by atoms with Crippen LogP contribution in [-0.2, 0) is 11.2 Å². The Morgan fingerprint density at radius 3 is 2.79 bits per heavy atom. The van der Waals surface area contributed by atoms with Gasteiger partial charge >= 0.3 is 0 Å². The lowest BCUT2D eigenvalue weighted by Crippen LogP contribution is -2.20. The van der Waals surface area contributed by atoms with E-state index in [0.29, 0.717) is 25.7 Å². The van der Waals surface area contributed by atoms with Crippen LogP contribution in [0.1, 0.15) is 48.3 Å².